The van der Waals surface area contributed by atoms with Crippen molar-refractivity contribution in [2.75, 3.05) is 11.5 Å². The first-order valence-corrected chi connectivity index (χ1v) is 5.79. The molecule has 0 heterocycles. The first-order valence-electron chi connectivity index (χ1n) is 3.42. The molecule has 1 aromatic rings. The van der Waals surface area contributed by atoms with Crippen LogP contribution in [-0.2, 0) is 0 Å². The fraction of sp³-hybridized carbons (Fsp3) is 0.250. The van der Waals surface area contributed by atoms with E-state index in [1.807, 2.05) is 12.1 Å². The van der Waals surface area contributed by atoms with Gasteiger partial charge in [-0.2, -0.15) is 12.6 Å². The lowest BCUT2D eigenvalue weighted by Gasteiger charge is -2.00. The van der Waals surface area contributed by atoms with Crippen LogP contribution in [0.3, 0.4) is 0 Å². The second-order valence-electron chi connectivity index (χ2n) is 2.18. The molecule has 0 aliphatic heterocycles. The van der Waals surface area contributed by atoms with Gasteiger partial charge >= 0.3 is 0 Å². The Hall–Kier alpha value is 0.500. The molecule has 1 rings (SSSR count). The lowest BCUT2D eigenvalue weighted by Crippen LogP contribution is -1.79. The average molecular weight is 239 g/mol. The molecular formula is C8H8Cl2S2. The molecule has 0 aliphatic rings. The van der Waals surface area contributed by atoms with Gasteiger partial charge in [0, 0.05) is 20.7 Å². The minimum Gasteiger partial charge on any atom is -0.178 e. The molecule has 66 valence electrons. The summed E-state index contributed by atoms with van der Waals surface area (Å²) in [5, 5.41) is 1.37. The van der Waals surface area contributed by atoms with Crippen molar-refractivity contribution in [2.24, 2.45) is 0 Å². The maximum Gasteiger partial charge on any atom is 0.0431 e. The van der Waals surface area contributed by atoms with Gasteiger partial charge in [-0.05, 0) is 24.0 Å². The van der Waals surface area contributed by atoms with Crippen molar-refractivity contribution in [2.45, 2.75) is 4.90 Å². The van der Waals surface area contributed by atoms with Crippen molar-refractivity contribution < 1.29 is 0 Å². The lowest BCUT2D eigenvalue weighted by molar-refractivity contribution is 1.44. The van der Waals surface area contributed by atoms with E-state index in [1.54, 1.807) is 17.8 Å². The highest BCUT2D eigenvalue weighted by Crippen LogP contribution is 2.26. The number of hydrogen-bond acceptors (Lipinski definition) is 2. The zero-order valence-electron chi connectivity index (χ0n) is 6.26. The maximum atomic E-state index is 5.81. The highest BCUT2D eigenvalue weighted by molar-refractivity contribution is 8.00. The quantitative estimate of drug-likeness (QED) is 0.614. The normalized spacial score (nSPS) is 10.2. The van der Waals surface area contributed by atoms with Crippen LogP contribution in [0.4, 0.5) is 0 Å². The van der Waals surface area contributed by atoms with Gasteiger partial charge in [-0.25, -0.2) is 0 Å². The van der Waals surface area contributed by atoms with E-state index in [0.29, 0.717) is 10.0 Å². The summed E-state index contributed by atoms with van der Waals surface area (Å²) in [6.07, 6.45) is 0. The van der Waals surface area contributed by atoms with E-state index in [1.165, 1.54) is 0 Å². The molecule has 4 heteroatoms. The van der Waals surface area contributed by atoms with Crippen LogP contribution in [-0.4, -0.2) is 11.5 Å². The van der Waals surface area contributed by atoms with Gasteiger partial charge in [0.25, 0.3) is 0 Å². The maximum absolute atomic E-state index is 5.81. The first-order chi connectivity index (χ1) is 5.72. The molecule has 0 radical (unpaired) electrons. The highest BCUT2D eigenvalue weighted by Gasteiger charge is 1.97. The SMILES string of the molecule is SCCSc1cc(Cl)cc(Cl)c1. The molecule has 0 atom stereocenters. The molecule has 0 N–H and O–H groups in total. The van der Waals surface area contributed by atoms with Gasteiger partial charge in [0.1, 0.15) is 0 Å². The Morgan fingerprint density at radius 3 is 2.25 bits per heavy atom. The zero-order valence-corrected chi connectivity index (χ0v) is 9.48. The van der Waals surface area contributed by atoms with E-state index in [9.17, 15) is 0 Å². The van der Waals surface area contributed by atoms with Crippen LogP contribution in [0, 0.1) is 0 Å². The van der Waals surface area contributed by atoms with Crippen molar-refractivity contribution in [1.82, 2.24) is 0 Å². The van der Waals surface area contributed by atoms with E-state index >= 15 is 0 Å². The molecule has 0 aromatic heterocycles. The minimum atomic E-state index is 0.684. The fourth-order valence-electron chi connectivity index (χ4n) is 0.775. The number of rotatable bonds is 3. The van der Waals surface area contributed by atoms with Gasteiger partial charge in [-0.15, -0.1) is 11.8 Å². The number of thioether (sulfide) groups is 1. The molecule has 0 saturated carbocycles. The standard InChI is InChI=1S/C8H8Cl2S2/c9-6-3-7(10)5-8(4-6)12-2-1-11/h3-5,11H,1-2H2. The average Bonchev–Trinajstić information content (AvgIpc) is 1.99. The van der Waals surface area contributed by atoms with E-state index in [-0.39, 0.29) is 0 Å². The van der Waals surface area contributed by atoms with E-state index in [2.05, 4.69) is 12.6 Å². The summed E-state index contributed by atoms with van der Waals surface area (Å²) in [7, 11) is 0. The molecule has 0 unspecified atom stereocenters. The van der Waals surface area contributed by atoms with E-state index < -0.39 is 0 Å². The molecular weight excluding hydrogens is 231 g/mol. The van der Waals surface area contributed by atoms with Crippen LogP contribution in [0.1, 0.15) is 0 Å². The second kappa shape index (κ2) is 5.28. The molecule has 1 aromatic carbocycles. The van der Waals surface area contributed by atoms with E-state index in [4.69, 9.17) is 23.2 Å². The van der Waals surface area contributed by atoms with Crippen molar-refractivity contribution in [1.29, 1.82) is 0 Å². The second-order valence-corrected chi connectivity index (χ2v) is 4.67. The van der Waals surface area contributed by atoms with Crippen LogP contribution in [0.25, 0.3) is 0 Å². The zero-order chi connectivity index (χ0) is 8.97. The van der Waals surface area contributed by atoms with Crippen LogP contribution < -0.4 is 0 Å². The van der Waals surface area contributed by atoms with Gasteiger partial charge in [-0.3, -0.25) is 0 Å². The molecule has 0 bridgehead atoms. The Bertz CT molecular complexity index is 243. The molecule has 0 aliphatic carbocycles. The first kappa shape index (κ1) is 10.6. The van der Waals surface area contributed by atoms with Crippen molar-refractivity contribution in [3.05, 3.63) is 28.2 Å². The summed E-state index contributed by atoms with van der Waals surface area (Å²) in [4.78, 5) is 1.10. The Balaban J connectivity index is 2.72. The van der Waals surface area contributed by atoms with Crippen LogP contribution in [0.5, 0.6) is 0 Å². The summed E-state index contributed by atoms with van der Waals surface area (Å²) in [5.74, 6) is 1.83. The topological polar surface area (TPSA) is 0 Å². The summed E-state index contributed by atoms with van der Waals surface area (Å²) >= 11 is 17.4. The molecule has 0 amide bonds. The number of halogens is 2. The number of benzene rings is 1. The highest BCUT2D eigenvalue weighted by atomic mass is 35.5. The van der Waals surface area contributed by atoms with Gasteiger partial charge < -0.3 is 0 Å². The molecule has 0 fully saturated rings. The minimum absolute atomic E-state index is 0.684. The molecule has 0 nitrogen and oxygen atoms in total. The monoisotopic (exact) mass is 238 g/mol. The third-order valence-corrected chi connectivity index (χ3v) is 3.14. The van der Waals surface area contributed by atoms with Gasteiger partial charge in [0.05, 0.1) is 0 Å². The summed E-state index contributed by atoms with van der Waals surface area (Å²) < 4.78 is 0. The van der Waals surface area contributed by atoms with Crippen LogP contribution >= 0.6 is 47.6 Å². The lowest BCUT2D eigenvalue weighted by atomic mass is 10.4. The Morgan fingerprint density at radius 2 is 1.75 bits per heavy atom. The van der Waals surface area contributed by atoms with Gasteiger partial charge in [0.2, 0.25) is 0 Å². The Labute approximate surface area is 92.0 Å². The van der Waals surface area contributed by atoms with Crippen LogP contribution in [0.2, 0.25) is 10.0 Å². The van der Waals surface area contributed by atoms with Crippen molar-refractivity contribution in [3.63, 3.8) is 0 Å². The largest absolute Gasteiger partial charge is 0.178 e. The van der Waals surface area contributed by atoms with E-state index in [0.717, 1.165) is 16.4 Å². The third kappa shape index (κ3) is 3.48. The predicted molar refractivity (Wildman–Crippen MR) is 61.0 cm³/mol. The Kier molecular flexibility index (Phi) is 4.65. The summed E-state index contributed by atoms with van der Waals surface area (Å²) in [5.41, 5.74) is 0. The molecule has 12 heavy (non-hydrogen) atoms. The molecule has 0 spiro atoms. The van der Waals surface area contributed by atoms with Crippen molar-refractivity contribution in [3.8, 4) is 0 Å². The Morgan fingerprint density at radius 1 is 1.17 bits per heavy atom. The number of hydrogen-bond donors (Lipinski definition) is 1. The smallest absolute Gasteiger partial charge is 0.0431 e. The predicted octanol–water partition coefficient (Wildman–Crippen LogP) is 4.02. The summed E-state index contributed by atoms with van der Waals surface area (Å²) in [6, 6.07) is 5.54. The third-order valence-electron chi connectivity index (χ3n) is 1.20. The molecule has 0 saturated heterocycles. The van der Waals surface area contributed by atoms with Gasteiger partial charge in [0.15, 0.2) is 0 Å². The number of thiol groups is 1. The van der Waals surface area contributed by atoms with Gasteiger partial charge in [-0.1, -0.05) is 23.2 Å². The fourth-order valence-corrected chi connectivity index (χ4v) is 2.45. The summed E-state index contributed by atoms with van der Waals surface area (Å²) in [6.45, 7) is 0. The van der Waals surface area contributed by atoms with Crippen molar-refractivity contribution >= 4 is 47.6 Å². The van der Waals surface area contributed by atoms with Crippen LogP contribution in [0.15, 0.2) is 23.1 Å².